The number of carbonyl (C=O) groups excluding carboxylic acids is 3. The highest BCUT2D eigenvalue weighted by Crippen LogP contribution is 2.25. The van der Waals surface area contributed by atoms with Gasteiger partial charge < -0.3 is 19.3 Å². The van der Waals surface area contributed by atoms with Crippen molar-refractivity contribution < 1.29 is 27.4 Å². The van der Waals surface area contributed by atoms with E-state index in [1.165, 1.54) is 17.2 Å². The molecule has 2 aromatic carbocycles. The Balaban J connectivity index is 1.15. The number of rotatable bonds is 9. The van der Waals surface area contributed by atoms with Gasteiger partial charge in [0.15, 0.2) is 5.75 Å². The van der Waals surface area contributed by atoms with E-state index in [1.807, 2.05) is 23.1 Å². The average molecular weight is 697 g/mol. The molecule has 43 heavy (non-hydrogen) atoms. The molecule has 0 spiro atoms. The van der Waals surface area contributed by atoms with Crippen molar-refractivity contribution >= 4 is 65.6 Å². The zero-order valence-electron chi connectivity index (χ0n) is 24.2. The van der Waals surface area contributed by atoms with Crippen LogP contribution in [0.1, 0.15) is 25.7 Å². The predicted molar refractivity (Wildman–Crippen MR) is 168 cm³/mol. The number of nitrogens with zero attached hydrogens (tertiary/aromatic N) is 4. The summed E-state index contributed by atoms with van der Waals surface area (Å²) in [6.45, 7) is 4.21. The van der Waals surface area contributed by atoms with E-state index in [1.54, 1.807) is 17.0 Å². The maximum atomic E-state index is 13.4. The molecule has 3 amide bonds. The summed E-state index contributed by atoms with van der Waals surface area (Å²) in [5.41, 5.74) is 0. The van der Waals surface area contributed by atoms with Gasteiger partial charge in [0.05, 0.1) is 17.7 Å². The predicted octanol–water partition coefficient (Wildman–Crippen LogP) is 1.39. The van der Waals surface area contributed by atoms with Gasteiger partial charge in [-0.05, 0) is 71.9 Å². The van der Waals surface area contributed by atoms with Gasteiger partial charge in [-0.15, -0.1) is 0 Å². The SMILES string of the molecule is C[S+]([O-])CC(=O)N1CCN(C[C@@H]2CCCN2C(=O)CN2CCC[C@H](NS(=O)(=O)c3ccc4cc(Br)ccc4c3)C2=O)CC1. The third kappa shape index (κ3) is 7.90. The van der Waals surface area contributed by atoms with Crippen LogP contribution in [0, 0.1) is 0 Å². The molecule has 234 valence electrons. The van der Waals surface area contributed by atoms with E-state index in [9.17, 15) is 27.4 Å². The van der Waals surface area contributed by atoms with Crippen LogP contribution < -0.4 is 4.72 Å². The van der Waals surface area contributed by atoms with Crippen molar-refractivity contribution in [1.29, 1.82) is 0 Å². The smallest absolute Gasteiger partial charge is 0.272 e. The van der Waals surface area contributed by atoms with Crippen molar-refractivity contribution in [3.8, 4) is 0 Å². The number of piperidine rings is 1. The molecular formula is C29H38BrN5O6S2. The lowest BCUT2D eigenvalue weighted by molar-refractivity contribution is -0.143. The number of piperazine rings is 1. The highest BCUT2D eigenvalue weighted by molar-refractivity contribution is 9.10. The number of likely N-dealkylation sites (tertiary alicyclic amines) is 2. The van der Waals surface area contributed by atoms with Crippen LogP contribution in [0.2, 0.25) is 0 Å². The Morgan fingerprint density at radius 1 is 0.977 bits per heavy atom. The molecule has 2 aromatic rings. The Kier molecular flexibility index (Phi) is 10.3. The zero-order chi connectivity index (χ0) is 30.7. The Hall–Kier alpha value is -2.23. The standard InChI is InChI=1S/C29H38BrN5O6S2/c1-42(39)20-28(37)33-14-12-32(13-15-33)18-24-4-2-11-35(24)27(36)19-34-10-3-5-26(29(34)38)31-43(40,41)25-9-7-21-16-23(30)8-6-22(21)17-25/h6-9,16-17,24,26,31H,2-5,10-15,18-20H2,1H3/t24-,26-,42?/m0/s1. The van der Waals surface area contributed by atoms with E-state index in [0.717, 1.165) is 28.1 Å². The van der Waals surface area contributed by atoms with Gasteiger partial charge in [0.2, 0.25) is 21.8 Å². The van der Waals surface area contributed by atoms with E-state index in [2.05, 4.69) is 25.6 Å². The van der Waals surface area contributed by atoms with Crippen molar-refractivity contribution in [3.63, 3.8) is 0 Å². The largest absolute Gasteiger partial charge is 0.616 e. The fraction of sp³-hybridized carbons (Fsp3) is 0.552. The van der Waals surface area contributed by atoms with E-state index < -0.39 is 27.2 Å². The quantitative estimate of drug-likeness (QED) is 0.392. The Bertz CT molecular complexity index is 1470. The Labute approximate surface area is 264 Å². The van der Waals surface area contributed by atoms with Crippen LogP contribution in [0.5, 0.6) is 0 Å². The van der Waals surface area contributed by atoms with E-state index in [-0.39, 0.29) is 41.0 Å². The number of hydrogen-bond donors (Lipinski definition) is 1. The highest BCUT2D eigenvalue weighted by atomic mass is 79.9. The maximum absolute atomic E-state index is 13.4. The first kappa shape index (κ1) is 32.2. The van der Waals surface area contributed by atoms with Gasteiger partial charge in [0.25, 0.3) is 5.91 Å². The summed E-state index contributed by atoms with van der Waals surface area (Å²) in [4.78, 5) is 46.4. The van der Waals surface area contributed by atoms with Crippen molar-refractivity contribution in [2.24, 2.45) is 0 Å². The number of benzene rings is 2. The topological polar surface area (TPSA) is 133 Å². The molecule has 0 aromatic heterocycles. The third-order valence-electron chi connectivity index (χ3n) is 8.46. The fourth-order valence-corrected chi connectivity index (χ4v) is 8.34. The number of sulfonamides is 1. The lowest BCUT2D eigenvalue weighted by Gasteiger charge is -2.38. The molecule has 0 saturated carbocycles. The molecule has 3 aliphatic heterocycles. The van der Waals surface area contributed by atoms with Gasteiger partial charge in [0.1, 0.15) is 6.04 Å². The minimum atomic E-state index is -3.95. The van der Waals surface area contributed by atoms with Crippen LogP contribution in [0.3, 0.4) is 0 Å². The van der Waals surface area contributed by atoms with Crippen molar-refractivity contribution in [2.45, 2.75) is 42.7 Å². The van der Waals surface area contributed by atoms with Gasteiger partial charge in [-0.25, -0.2) is 8.42 Å². The summed E-state index contributed by atoms with van der Waals surface area (Å²) >= 11 is 2.26. The zero-order valence-corrected chi connectivity index (χ0v) is 27.5. The summed E-state index contributed by atoms with van der Waals surface area (Å²) < 4.78 is 41.3. The summed E-state index contributed by atoms with van der Waals surface area (Å²) in [6.07, 6.45) is 4.25. The summed E-state index contributed by atoms with van der Waals surface area (Å²) in [7, 11) is -3.95. The molecule has 3 aliphatic rings. The van der Waals surface area contributed by atoms with E-state index >= 15 is 0 Å². The normalized spacial score (nSPS) is 22.8. The molecule has 3 saturated heterocycles. The fourth-order valence-electron chi connectivity index (χ4n) is 6.17. The van der Waals surface area contributed by atoms with Gasteiger partial charge >= 0.3 is 0 Å². The number of hydrogen-bond acceptors (Lipinski definition) is 7. The van der Waals surface area contributed by atoms with Gasteiger partial charge in [0, 0.05) is 56.3 Å². The van der Waals surface area contributed by atoms with Crippen LogP contribution in [0.15, 0.2) is 45.8 Å². The van der Waals surface area contributed by atoms with Crippen molar-refractivity contribution in [2.75, 3.05) is 64.4 Å². The second-order valence-electron chi connectivity index (χ2n) is 11.5. The molecule has 3 heterocycles. The van der Waals surface area contributed by atoms with E-state index in [4.69, 9.17) is 0 Å². The first-order chi connectivity index (χ1) is 20.5. The molecule has 14 heteroatoms. The van der Waals surface area contributed by atoms with Crippen LogP contribution in [-0.4, -0.2) is 127 Å². The lowest BCUT2D eigenvalue weighted by Crippen LogP contribution is -2.56. The highest BCUT2D eigenvalue weighted by Gasteiger charge is 2.37. The number of carbonyl (C=O) groups is 3. The molecule has 0 aliphatic carbocycles. The lowest BCUT2D eigenvalue weighted by atomic mass is 10.1. The molecule has 1 N–H and O–H groups in total. The molecule has 0 bridgehead atoms. The van der Waals surface area contributed by atoms with Crippen molar-refractivity contribution in [1.82, 2.24) is 24.3 Å². The minimum absolute atomic E-state index is 0.0283. The van der Waals surface area contributed by atoms with Crippen LogP contribution in [-0.2, 0) is 35.6 Å². The molecule has 3 atom stereocenters. The molecule has 11 nitrogen and oxygen atoms in total. The van der Waals surface area contributed by atoms with E-state index in [0.29, 0.717) is 58.7 Å². The second kappa shape index (κ2) is 13.8. The summed E-state index contributed by atoms with van der Waals surface area (Å²) in [6, 6.07) is 9.56. The molecular weight excluding hydrogens is 658 g/mol. The molecule has 3 fully saturated rings. The van der Waals surface area contributed by atoms with Gasteiger partial charge in [-0.2, -0.15) is 4.72 Å². The first-order valence-corrected chi connectivity index (χ1v) is 18.6. The van der Waals surface area contributed by atoms with Crippen LogP contribution in [0.25, 0.3) is 10.8 Å². The summed E-state index contributed by atoms with van der Waals surface area (Å²) in [5, 5.41) is 1.67. The monoisotopic (exact) mass is 695 g/mol. The van der Waals surface area contributed by atoms with Crippen molar-refractivity contribution in [3.05, 3.63) is 40.9 Å². The number of fused-ring (bicyclic) bond motifs is 1. The Morgan fingerprint density at radius 3 is 2.42 bits per heavy atom. The van der Waals surface area contributed by atoms with Gasteiger partial charge in [-0.3, -0.25) is 19.3 Å². The molecule has 1 unspecified atom stereocenters. The Morgan fingerprint density at radius 2 is 1.67 bits per heavy atom. The number of nitrogens with one attached hydrogen (secondary N) is 1. The maximum Gasteiger partial charge on any atom is 0.272 e. The van der Waals surface area contributed by atoms with Crippen LogP contribution in [0.4, 0.5) is 0 Å². The second-order valence-corrected chi connectivity index (χ2v) is 15.6. The molecule has 5 rings (SSSR count). The third-order valence-corrected chi connectivity index (χ3v) is 11.1. The average Bonchev–Trinajstić information content (AvgIpc) is 3.43. The minimum Gasteiger partial charge on any atom is -0.616 e. The summed E-state index contributed by atoms with van der Waals surface area (Å²) in [5.74, 6) is -0.545. The van der Waals surface area contributed by atoms with Gasteiger partial charge in [-0.1, -0.05) is 28.1 Å². The number of amides is 3. The molecule has 0 radical (unpaired) electrons. The number of halogens is 1. The van der Waals surface area contributed by atoms with Crippen LogP contribution >= 0.6 is 15.9 Å². The first-order valence-electron chi connectivity index (χ1n) is 14.6.